The second kappa shape index (κ2) is 5.59. The molecule has 5 heteroatoms. The van der Waals surface area contributed by atoms with Gasteiger partial charge in [0.1, 0.15) is 11.4 Å². The number of rotatable bonds is 4. The quantitative estimate of drug-likeness (QED) is 0.861. The summed E-state index contributed by atoms with van der Waals surface area (Å²) in [7, 11) is 0. The van der Waals surface area contributed by atoms with E-state index in [9.17, 15) is 9.90 Å². The molecule has 1 aliphatic rings. The first-order valence-electron chi connectivity index (χ1n) is 6.37. The van der Waals surface area contributed by atoms with E-state index in [1.54, 1.807) is 12.1 Å². The van der Waals surface area contributed by atoms with Gasteiger partial charge >= 0.3 is 5.97 Å². The Hall–Kier alpha value is -1.59. The summed E-state index contributed by atoms with van der Waals surface area (Å²) >= 11 is 0. The van der Waals surface area contributed by atoms with Gasteiger partial charge in [0.2, 0.25) is 0 Å². The van der Waals surface area contributed by atoms with E-state index in [4.69, 9.17) is 9.84 Å². The summed E-state index contributed by atoms with van der Waals surface area (Å²) < 4.78 is 5.86. The van der Waals surface area contributed by atoms with Crippen LogP contribution in [0.5, 0.6) is 5.75 Å². The number of carbonyl (C=O) groups is 1. The van der Waals surface area contributed by atoms with Crippen LogP contribution in [-0.4, -0.2) is 47.3 Å². The molecule has 5 nitrogen and oxygen atoms in total. The van der Waals surface area contributed by atoms with Crippen molar-refractivity contribution in [2.75, 3.05) is 26.2 Å². The number of benzene rings is 1. The molecule has 0 saturated carbocycles. The number of phenols is 1. The molecular weight excluding hydrogens is 246 g/mol. The number of aromatic hydroxyl groups is 1. The summed E-state index contributed by atoms with van der Waals surface area (Å²) in [5.41, 5.74) is 0.537. The third-order valence-corrected chi connectivity index (χ3v) is 3.47. The average molecular weight is 265 g/mol. The summed E-state index contributed by atoms with van der Waals surface area (Å²) in [6.07, 6.45) is 0.145. The molecule has 19 heavy (non-hydrogen) atoms. The van der Waals surface area contributed by atoms with Crippen molar-refractivity contribution in [3.05, 3.63) is 29.8 Å². The molecule has 1 fully saturated rings. The van der Waals surface area contributed by atoms with E-state index in [2.05, 4.69) is 4.90 Å². The Balaban J connectivity index is 2.06. The maximum atomic E-state index is 10.6. The second-order valence-corrected chi connectivity index (χ2v) is 5.05. The Morgan fingerprint density at radius 2 is 2.11 bits per heavy atom. The fourth-order valence-electron chi connectivity index (χ4n) is 2.38. The van der Waals surface area contributed by atoms with E-state index in [0.29, 0.717) is 19.7 Å². The molecule has 1 atom stereocenters. The summed E-state index contributed by atoms with van der Waals surface area (Å²) in [4.78, 5) is 12.7. The molecule has 0 spiro atoms. The van der Waals surface area contributed by atoms with Gasteiger partial charge in [-0.3, -0.25) is 9.69 Å². The molecule has 0 aliphatic carbocycles. The summed E-state index contributed by atoms with van der Waals surface area (Å²) in [5.74, 6) is -0.552. The van der Waals surface area contributed by atoms with E-state index in [0.717, 1.165) is 12.1 Å². The van der Waals surface area contributed by atoms with Gasteiger partial charge < -0.3 is 14.9 Å². The first-order chi connectivity index (χ1) is 8.99. The Bertz CT molecular complexity index is 445. The number of ether oxygens (including phenoxy) is 1. The van der Waals surface area contributed by atoms with Gasteiger partial charge in [-0.2, -0.15) is 0 Å². The predicted octanol–water partition coefficient (Wildman–Crippen LogP) is 1.41. The molecule has 1 heterocycles. The lowest BCUT2D eigenvalue weighted by atomic mass is 9.93. The summed E-state index contributed by atoms with van der Waals surface area (Å²) in [5, 5.41) is 18.1. The molecule has 2 N–H and O–H groups in total. The number of morpholine rings is 1. The molecule has 0 bridgehead atoms. The number of hydrogen-bond donors (Lipinski definition) is 2. The fraction of sp³-hybridized carbons (Fsp3) is 0.500. The van der Waals surface area contributed by atoms with Crippen LogP contribution in [0.3, 0.4) is 0 Å². The van der Waals surface area contributed by atoms with Crippen molar-refractivity contribution in [2.24, 2.45) is 0 Å². The SMILES string of the molecule is CC1(c2ccc(O)cc2)CN(CCC(=O)O)CCO1. The lowest BCUT2D eigenvalue weighted by molar-refractivity contribution is -0.139. The molecule has 1 aromatic rings. The van der Waals surface area contributed by atoms with Gasteiger partial charge in [0.05, 0.1) is 13.0 Å². The van der Waals surface area contributed by atoms with Crippen LogP contribution in [0.2, 0.25) is 0 Å². The van der Waals surface area contributed by atoms with Gasteiger partial charge in [-0.1, -0.05) is 12.1 Å². The highest BCUT2D eigenvalue weighted by molar-refractivity contribution is 5.66. The minimum atomic E-state index is -0.780. The van der Waals surface area contributed by atoms with E-state index in [-0.39, 0.29) is 12.2 Å². The van der Waals surface area contributed by atoms with Crippen LogP contribution in [0.4, 0.5) is 0 Å². The first kappa shape index (κ1) is 13.8. The third-order valence-electron chi connectivity index (χ3n) is 3.47. The highest BCUT2D eigenvalue weighted by Crippen LogP contribution is 2.30. The molecule has 0 amide bonds. The van der Waals surface area contributed by atoms with E-state index >= 15 is 0 Å². The van der Waals surface area contributed by atoms with Gasteiger partial charge in [-0.25, -0.2) is 0 Å². The number of carboxylic acid groups (broad SMARTS) is 1. The molecule has 1 aromatic carbocycles. The minimum Gasteiger partial charge on any atom is -0.508 e. The third kappa shape index (κ3) is 3.45. The zero-order valence-corrected chi connectivity index (χ0v) is 11.0. The lowest BCUT2D eigenvalue weighted by Crippen LogP contribution is -2.48. The van der Waals surface area contributed by atoms with Crippen LogP contribution in [0, 0.1) is 0 Å². The highest BCUT2D eigenvalue weighted by Gasteiger charge is 2.33. The summed E-state index contributed by atoms with van der Waals surface area (Å²) in [6, 6.07) is 6.96. The van der Waals surface area contributed by atoms with Crippen LogP contribution in [0.1, 0.15) is 18.9 Å². The van der Waals surface area contributed by atoms with Gasteiger partial charge in [-0.05, 0) is 24.6 Å². The largest absolute Gasteiger partial charge is 0.508 e. The molecule has 1 saturated heterocycles. The zero-order chi connectivity index (χ0) is 13.9. The Kier molecular flexibility index (Phi) is 4.07. The number of nitrogens with zero attached hydrogens (tertiary/aromatic N) is 1. The highest BCUT2D eigenvalue weighted by atomic mass is 16.5. The Morgan fingerprint density at radius 1 is 1.42 bits per heavy atom. The standard InChI is InChI=1S/C14H19NO4/c1-14(11-2-4-12(16)5-3-11)10-15(8-9-19-14)7-6-13(17)18/h2-5,16H,6-10H2,1H3,(H,17,18). The number of phenolic OH excluding ortho intramolecular Hbond substituents is 1. The average Bonchev–Trinajstić information content (AvgIpc) is 2.37. The Labute approximate surface area is 112 Å². The lowest BCUT2D eigenvalue weighted by Gasteiger charge is -2.40. The zero-order valence-electron chi connectivity index (χ0n) is 11.0. The monoisotopic (exact) mass is 265 g/mol. The van der Waals surface area contributed by atoms with Crippen LogP contribution < -0.4 is 0 Å². The number of carboxylic acids is 1. The summed E-state index contributed by atoms with van der Waals surface area (Å²) in [6.45, 7) is 4.52. The van der Waals surface area contributed by atoms with Crippen LogP contribution >= 0.6 is 0 Å². The van der Waals surface area contributed by atoms with Crippen molar-refractivity contribution in [1.29, 1.82) is 0 Å². The van der Waals surface area contributed by atoms with Gasteiger partial charge in [-0.15, -0.1) is 0 Å². The molecule has 0 aromatic heterocycles. The molecular formula is C14H19NO4. The van der Waals surface area contributed by atoms with E-state index < -0.39 is 11.6 Å². The van der Waals surface area contributed by atoms with Gasteiger partial charge in [0.25, 0.3) is 0 Å². The van der Waals surface area contributed by atoms with Gasteiger partial charge in [0, 0.05) is 19.6 Å². The molecule has 0 radical (unpaired) electrons. The fourth-order valence-corrected chi connectivity index (χ4v) is 2.38. The van der Waals surface area contributed by atoms with Crippen molar-refractivity contribution >= 4 is 5.97 Å². The number of aliphatic carboxylic acids is 1. The van der Waals surface area contributed by atoms with E-state index in [1.807, 2.05) is 19.1 Å². The van der Waals surface area contributed by atoms with Crippen molar-refractivity contribution < 1.29 is 19.7 Å². The topological polar surface area (TPSA) is 70.0 Å². The maximum Gasteiger partial charge on any atom is 0.304 e. The van der Waals surface area contributed by atoms with Crippen molar-refractivity contribution in [3.8, 4) is 5.75 Å². The Morgan fingerprint density at radius 3 is 2.74 bits per heavy atom. The molecule has 1 aliphatic heterocycles. The van der Waals surface area contributed by atoms with Crippen LogP contribution in [0.15, 0.2) is 24.3 Å². The smallest absolute Gasteiger partial charge is 0.304 e. The molecule has 104 valence electrons. The van der Waals surface area contributed by atoms with Crippen LogP contribution in [0.25, 0.3) is 0 Å². The minimum absolute atomic E-state index is 0.145. The maximum absolute atomic E-state index is 10.6. The van der Waals surface area contributed by atoms with Crippen molar-refractivity contribution in [2.45, 2.75) is 18.9 Å². The molecule has 2 rings (SSSR count). The van der Waals surface area contributed by atoms with Crippen molar-refractivity contribution in [1.82, 2.24) is 4.90 Å². The van der Waals surface area contributed by atoms with Gasteiger partial charge in [0.15, 0.2) is 0 Å². The predicted molar refractivity (Wildman–Crippen MR) is 70.1 cm³/mol. The number of hydrogen-bond acceptors (Lipinski definition) is 4. The van der Waals surface area contributed by atoms with Crippen molar-refractivity contribution in [3.63, 3.8) is 0 Å². The second-order valence-electron chi connectivity index (χ2n) is 5.05. The van der Waals surface area contributed by atoms with Crippen LogP contribution in [-0.2, 0) is 15.1 Å². The normalized spacial score (nSPS) is 24.3. The molecule has 1 unspecified atom stereocenters. The van der Waals surface area contributed by atoms with E-state index in [1.165, 1.54) is 0 Å². The first-order valence-corrected chi connectivity index (χ1v) is 6.37.